The molecule has 2 nitrogen and oxygen atoms in total. The highest BCUT2D eigenvalue weighted by molar-refractivity contribution is 5.33. The third-order valence-electron chi connectivity index (χ3n) is 8.58. The lowest BCUT2D eigenvalue weighted by atomic mass is 9.68. The van der Waals surface area contributed by atoms with Gasteiger partial charge in [-0.05, 0) is 113 Å². The molecule has 3 aliphatic rings. The second-order valence-electron chi connectivity index (χ2n) is 10.7. The first-order valence-electron chi connectivity index (χ1n) is 13.5. The van der Waals surface area contributed by atoms with Crippen LogP contribution in [0.5, 0.6) is 5.75 Å². The molecule has 1 aromatic carbocycles. The number of rotatable bonds is 7. The van der Waals surface area contributed by atoms with Crippen LogP contribution >= 0.6 is 0 Å². The van der Waals surface area contributed by atoms with Crippen molar-refractivity contribution in [2.45, 2.75) is 96.5 Å². The zero-order chi connectivity index (χ0) is 23.2. The molecule has 0 N–H and O–H groups in total. The van der Waals surface area contributed by atoms with Crippen molar-refractivity contribution in [1.29, 1.82) is 0 Å². The van der Waals surface area contributed by atoms with Gasteiger partial charge in [-0.25, -0.2) is 4.39 Å². The Morgan fingerprint density at radius 2 is 1.55 bits per heavy atom. The molecule has 4 rings (SSSR count). The van der Waals surface area contributed by atoms with E-state index >= 15 is 0 Å². The Kier molecular flexibility index (Phi) is 8.85. The summed E-state index contributed by atoms with van der Waals surface area (Å²) in [6.45, 7) is 4.97. The van der Waals surface area contributed by atoms with Gasteiger partial charge in [-0.1, -0.05) is 25.1 Å². The lowest BCUT2D eigenvalue weighted by Gasteiger charge is -2.41. The fourth-order valence-electron chi connectivity index (χ4n) is 6.64. The molecule has 2 unspecified atom stereocenters. The highest BCUT2D eigenvalue weighted by Gasteiger charge is 2.36. The van der Waals surface area contributed by atoms with E-state index in [0.717, 1.165) is 37.0 Å². The van der Waals surface area contributed by atoms with Gasteiger partial charge in [0, 0.05) is 5.92 Å². The van der Waals surface area contributed by atoms with Gasteiger partial charge in [0.25, 0.3) is 0 Å². The van der Waals surface area contributed by atoms with Gasteiger partial charge in [0.2, 0.25) is 5.82 Å². The average Bonchev–Trinajstić information content (AvgIpc) is 2.86. The van der Waals surface area contributed by atoms with Crippen LogP contribution in [-0.4, -0.2) is 19.3 Å². The van der Waals surface area contributed by atoms with Crippen LogP contribution in [0.25, 0.3) is 0 Å². The largest absolute Gasteiger partial charge is 0.490 e. The van der Waals surface area contributed by atoms with Crippen LogP contribution in [0.4, 0.5) is 8.78 Å². The minimum absolute atomic E-state index is 0.0137. The summed E-state index contributed by atoms with van der Waals surface area (Å²) in [6, 6.07) is 3.26. The predicted molar refractivity (Wildman–Crippen MR) is 130 cm³/mol. The van der Waals surface area contributed by atoms with Crippen molar-refractivity contribution in [2.24, 2.45) is 23.7 Å². The van der Waals surface area contributed by atoms with Gasteiger partial charge >= 0.3 is 0 Å². The topological polar surface area (TPSA) is 18.5 Å². The second kappa shape index (κ2) is 11.8. The fraction of sp³-hybridized carbons (Fsp3) is 0.724. The van der Waals surface area contributed by atoms with Crippen molar-refractivity contribution in [2.75, 3.05) is 13.2 Å². The molecule has 2 atom stereocenters. The molecule has 0 aromatic heterocycles. The van der Waals surface area contributed by atoms with Gasteiger partial charge in [-0.3, -0.25) is 0 Å². The first kappa shape index (κ1) is 24.7. The van der Waals surface area contributed by atoms with Gasteiger partial charge in [0.15, 0.2) is 11.6 Å². The van der Waals surface area contributed by atoms with Crippen molar-refractivity contribution in [1.82, 2.24) is 0 Å². The van der Waals surface area contributed by atoms with Gasteiger partial charge in [-0.15, -0.1) is 0 Å². The molecule has 184 valence electrons. The summed E-state index contributed by atoms with van der Waals surface area (Å²) >= 11 is 0. The van der Waals surface area contributed by atoms with Crippen LogP contribution in [0.1, 0.15) is 96.0 Å². The van der Waals surface area contributed by atoms with E-state index in [0.29, 0.717) is 24.7 Å². The van der Waals surface area contributed by atoms with Crippen LogP contribution in [0.2, 0.25) is 0 Å². The molecule has 33 heavy (non-hydrogen) atoms. The summed E-state index contributed by atoms with van der Waals surface area (Å²) in [5.41, 5.74) is 0.437. The molecular weight excluding hydrogens is 418 g/mol. The second-order valence-corrected chi connectivity index (χ2v) is 10.7. The molecule has 2 aliphatic carbocycles. The third-order valence-corrected chi connectivity index (χ3v) is 8.58. The summed E-state index contributed by atoms with van der Waals surface area (Å²) in [5, 5.41) is 0. The lowest BCUT2D eigenvalue weighted by molar-refractivity contribution is -0.0467. The van der Waals surface area contributed by atoms with Crippen LogP contribution < -0.4 is 4.74 Å². The lowest BCUT2D eigenvalue weighted by Crippen LogP contribution is -2.35. The van der Waals surface area contributed by atoms with Crippen molar-refractivity contribution in [3.05, 3.63) is 41.5 Å². The molecule has 0 bridgehead atoms. The van der Waals surface area contributed by atoms with E-state index in [2.05, 4.69) is 19.1 Å². The van der Waals surface area contributed by atoms with Crippen LogP contribution in [-0.2, 0) is 4.74 Å². The molecular formula is C29H42F2O2. The zero-order valence-corrected chi connectivity index (χ0v) is 20.5. The van der Waals surface area contributed by atoms with E-state index in [1.807, 2.05) is 6.92 Å². The quantitative estimate of drug-likeness (QED) is 0.382. The normalized spacial score (nSPS) is 33.3. The Balaban J connectivity index is 1.24. The number of allylic oxidation sites excluding steroid dienone is 2. The van der Waals surface area contributed by atoms with Gasteiger partial charge in [0.05, 0.1) is 19.3 Å². The van der Waals surface area contributed by atoms with Crippen LogP contribution in [0.3, 0.4) is 0 Å². The zero-order valence-electron chi connectivity index (χ0n) is 20.5. The molecule has 4 heteroatoms. The highest BCUT2D eigenvalue weighted by atomic mass is 19.2. The Hall–Kier alpha value is -1.42. The fourth-order valence-corrected chi connectivity index (χ4v) is 6.64. The van der Waals surface area contributed by atoms with Crippen molar-refractivity contribution in [3.63, 3.8) is 0 Å². The summed E-state index contributed by atoms with van der Waals surface area (Å²) < 4.78 is 40.7. The van der Waals surface area contributed by atoms with E-state index in [4.69, 9.17) is 9.47 Å². The molecule has 0 spiro atoms. The number of benzene rings is 1. The standard InChI is InChI=1S/C29H42F2O2/c1-3-5-20-6-8-21(9-7-20)22-10-12-23(13-11-22)26-16-14-24(19-33-26)25-15-17-27(32-18-4-2)29(31)28(25)30/h3,5,15,17,20-24,26H,4,6-14,16,18-19H2,1-2H3/b5-3+. The smallest absolute Gasteiger partial charge is 0.200 e. The van der Waals surface area contributed by atoms with Gasteiger partial charge in [0.1, 0.15) is 0 Å². The minimum atomic E-state index is -0.860. The van der Waals surface area contributed by atoms with E-state index in [9.17, 15) is 8.78 Å². The highest BCUT2D eigenvalue weighted by Crippen LogP contribution is 2.44. The van der Waals surface area contributed by atoms with Crippen molar-refractivity contribution >= 4 is 0 Å². The maximum Gasteiger partial charge on any atom is 0.200 e. The third kappa shape index (κ3) is 5.99. The summed E-state index contributed by atoms with van der Waals surface area (Å²) in [7, 11) is 0. The van der Waals surface area contributed by atoms with E-state index < -0.39 is 11.6 Å². The summed E-state index contributed by atoms with van der Waals surface area (Å²) in [5.74, 6) is 1.58. The van der Waals surface area contributed by atoms with Gasteiger partial charge < -0.3 is 9.47 Å². The van der Waals surface area contributed by atoms with Crippen molar-refractivity contribution < 1.29 is 18.3 Å². The SMILES string of the molecule is C/C=C/C1CCC(C2CCC(C3CCC(c4ccc(OCCC)c(F)c4F)CO3)CC2)CC1. The summed E-state index contributed by atoms with van der Waals surface area (Å²) in [6.07, 6.45) is 18.2. The Bertz CT molecular complexity index is 768. The van der Waals surface area contributed by atoms with E-state index in [1.54, 1.807) is 12.1 Å². The summed E-state index contributed by atoms with van der Waals surface area (Å²) in [4.78, 5) is 0. The molecule has 0 amide bonds. The Morgan fingerprint density at radius 1 is 0.879 bits per heavy atom. The Morgan fingerprint density at radius 3 is 2.15 bits per heavy atom. The molecule has 1 aromatic rings. The number of halogens is 2. The number of hydrogen-bond acceptors (Lipinski definition) is 2. The number of hydrogen-bond donors (Lipinski definition) is 0. The molecule has 1 aliphatic heterocycles. The molecule has 0 radical (unpaired) electrons. The predicted octanol–water partition coefficient (Wildman–Crippen LogP) is 8.21. The number of ether oxygens (including phenoxy) is 2. The molecule has 3 fully saturated rings. The van der Waals surface area contributed by atoms with Crippen molar-refractivity contribution in [3.8, 4) is 5.75 Å². The molecule has 1 heterocycles. The molecule has 2 saturated carbocycles. The monoisotopic (exact) mass is 460 g/mol. The van der Waals surface area contributed by atoms with E-state index in [1.165, 1.54) is 51.4 Å². The maximum absolute atomic E-state index is 14.7. The average molecular weight is 461 g/mol. The first-order valence-corrected chi connectivity index (χ1v) is 13.5. The first-order chi connectivity index (χ1) is 16.1. The maximum atomic E-state index is 14.7. The van der Waals surface area contributed by atoms with Crippen LogP contribution in [0.15, 0.2) is 24.3 Å². The minimum Gasteiger partial charge on any atom is -0.490 e. The Labute approximate surface area is 199 Å². The molecule has 1 saturated heterocycles. The van der Waals surface area contributed by atoms with E-state index in [-0.39, 0.29) is 17.8 Å². The van der Waals surface area contributed by atoms with Crippen LogP contribution in [0, 0.1) is 35.3 Å². The van der Waals surface area contributed by atoms with Gasteiger partial charge in [-0.2, -0.15) is 4.39 Å².